The summed E-state index contributed by atoms with van der Waals surface area (Å²) in [6, 6.07) is 8.69. The molecule has 3 aromatic rings. The Morgan fingerprint density at radius 3 is 2.66 bits per heavy atom. The summed E-state index contributed by atoms with van der Waals surface area (Å²) in [4.78, 5) is 47.7. The van der Waals surface area contributed by atoms with Gasteiger partial charge in [-0.2, -0.15) is 0 Å². The number of carboxylic acids is 1. The third-order valence-electron chi connectivity index (χ3n) is 5.89. The van der Waals surface area contributed by atoms with Crippen LogP contribution in [0.5, 0.6) is 0 Å². The summed E-state index contributed by atoms with van der Waals surface area (Å²) in [5, 5.41) is 14.1. The van der Waals surface area contributed by atoms with Crippen LogP contribution in [0.15, 0.2) is 43.0 Å². The maximum atomic E-state index is 12.1. The highest BCUT2D eigenvalue weighted by Gasteiger charge is 2.54. The van der Waals surface area contributed by atoms with Crippen LogP contribution < -0.4 is 15.5 Å². The van der Waals surface area contributed by atoms with E-state index >= 15 is 0 Å². The number of urea groups is 1. The molecule has 16 heteroatoms. The first kappa shape index (κ1) is 26.2. The number of imidazole rings is 1. The van der Waals surface area contributed by atoms with Gasteiger partial charge in [-0.25, -0.2) is 19.7 Å². The number of carbonyl (C=O) groups is 2. The van der Waals surface area contributed by atoms with Gasteiger partial charge in [-0.05, 0) is 6.92 Å². The van der Waals surface area contributed by atoms with E-state index in [9.17, 15) is 19.0 Å². The summed E-state index contributed by atoms with van der Waals surface area (Å²) in [6.07, 6.45) is -2.52. The van der Waals surface area contributed by atoms with Crippen molar-refractivity contribution in [2.45, 2.75) is 37.8 Å². The lowest BCUT2D eigenvalue weighted by atomic mass is 10.1. The first-order valence-electron chi connectivity index (χ1n) is 11.7. The van der Waals surface area contributed by atoms with E-state index < -0.39 is 63.2 Å². The Labute approximate surface area is 215 Å². The van der Waals surface area contributed by atoms with E-state index in [-0.39, 0.29) is 5.82 Å². The second-order valence-corrected chi connectivity index (χ2v) is 10.3. The quantitative estimate of drug-likeness (QED) is 0.322. The van der Waals surface area contributed by atoms with Crippen LogP contribution in [0.25, 0.3) is 11.2 Å². The molecule has 3 N–H and O–H groups in total. The Kier molecular flexibility index (Phi) is 7.38. The molecule has 1 aromatic carbocycles. The van der Waals surface area contributed by atoms with E-state index in [1.165, 1.54) is 12.7 Å². The highest BCUT2D eigenvalue weighted by Crippen LogP contribution is 2.46. The number of nitrogens with zero attached hydrogens (tertiary/aromatic N) is 4. The number of aromatic nitrogens is 4. The van der Waals surface area contributed by atoms with E-state index in [1.54, 1.807) is 11.5 Å². The van der Waals surface area contributed by atoms with Crippen molar-refractivity contribution in [1.82, 2.24) is 24.8 Å². The van der Waals surface area contributed by atoms with Crippen molar-refractivity contribution in [3.05, 3.63) is 48.5 Å². The number of nitrogens with one attached hydrogen (secondary N) is 2. The van der Waals surface area contributed by atoms with Crippen molar-refractivity contribution in [3.63, 3.8) is 0 Å². The Morgan fingerprint density at radius 1 is 1.16 bits per heavy atom. The predicted molar refractivity (Wildman–Crippen MR) is 127 cm³/mol. The number of benzene rings is 1. The van der Waals surface area contributed by atoms with Gasteiger partial charge in [-0.3, -0.25) is 14.7 Å². The molecule has 15 nitrogen and oxygen atoms in total. The lowest BCUT2D eigenvalue weighted by molar-refractivity contribution is -0.204. The molecule has 0 radical (unpaired) electrons. The molecule has 2 saturated heterocycles. The number of fused-ring (bicyclic) bond motifs is 2. The Hall–Kier alpha value is -3.46. The highest BCUT2D eigenvalue weighted by atomic mass is 31.2. The molecule has 202 valence electrons. The molecule has 0 aliphatic carbocycles. The van der Waals surface area contributed by atoms with Gasteiger partial charge in [-0.1, -0.05) is 30.3 Å². The second-order valence-electron chi connectivity index (χ2n) is 8.50. The van der Waals surface area contributed by atoms with E-state index in [4.69, 9.17) is 23.8 Å². The maximum absolute atomic E-state index is 12.1. The fraction of sp³-hybridized carbons (Fsp3) is 0.409. The summed E-state index contributed by atoms with van der Waals surface area (Å²) in [6.45, 7) is 1.71. The number of hydrogen-bond donors (Lipinski definition) is 3. The number of carbonyl (C=O) groups excluding carboxylic acids is 1. The molecule has 0 bridgehead atoms. The molecular formula is C22H24N6O9P-. The van der Waals surface area contributed by atoms with Crippen LogP contribution in [-0.2, 0) is 28.1 Å². The topological polar surface area (TPSA) is 199 Å². The molecule has 2 aliphatic heterocycles. The molecule has 6 atom stereocenters. The van der Waals surface area contributed by atoms with Gasteiger partial charge in [0.2, 0.25) is 0 Å². The van der Waals surface area contributed by atoms with Gasteiger partial charge in [0.05, 0.1) is 12.9 Å². The average molecular weight is 547 g/mol. The molecule has 4 heterocycles. The van der Waals surface area contributed by atoms with Crippen molar-refractivity contribution in [1.29, 1.82) is 0 Å². The van der Waals surface area contributed by atoms with Crippen LogP contribution in [0, 0.1) is 0 Å². The van der Waals surface area contributed by atoms with Crippen LogP contribution in [0.1, 0.15) is 25.0 Å². The number of hydrogen-bond acceptors (Lipinski definition) is 11. The monoisotopic (exact) mass is 547 g/mol. The summed E-state index contributed by atoms with van der Waals surface area (Å²) in [5.41, 5.74) is 1.36. The van der Waals surface area contributed by atoms with Gasteiger partial charge in [0, 0.05) is 12.1 Å². The Balaban J connectivity index is 1.43. The first-order valence-corrected chi connectivity index (χ1v) is 13.4. The molecule has 3 unspecified atom stereocenters. The van der Waals surface area contributed by atoms with Crippen molar-refractivity contribution in [2.24, 2.45) is 0 Å². The first-order chi connectivity index (χ1) is 18.3. The van der Waals surface area contributed by atoms with E-state index in [0.29, 0.717) is 17.7 Å². The zero-order chi connectivity index (χ0) is 26.9. The zero-order valence-electron chi connectivity index (χ0n) is 20.0. The number of aliphatic carboxylic acids is 1. The summed E-state index contributed by atoms with van der Waals surface area (Å²) in [5.74, 6) is -1.35. The third-order valence-corrected chi connectivity index (χ3v) is 7.09. The smallest absolute Gasteiger partial charge is 0.320 e. The third kappa shape index (κ3) is 5.38. The van der Waals surface area contributed by atoms with Crippen LogP contribution in [-0.4, -0.2) is 74.3 Å². The van der Waals surface area contributed by atoms with Crippen LogP contribution in [0.2, 0.25) is 0 Å². The molecule has 0 spiro atoms. The van der Waals surface area contributed by atoms with E-state index in [0.717, 1.165) is 5.56 Å². The van der Waals surface area contributed by atoms with E-state index in [2.05, 4.69) is 25.6 Å². The van der Waals surface area contributed by atoms with Gasteiger partial charge in [-0.15, -0.1) is 0 Å². The van der Waals surface area contributed by atoms with Crippen molar-refractivity contribution in [2.75, 3.05) is 24.6 Å². The standard InChI is InChI=1S/C22H25N6O9P/c1-2-23-22(31)27-18-15-19(25-10-24-18)28(11-26-15)20-17-16(36-21(37-17)12-6-4-3-5-7-12)13(35-20)8-34-38(32,33)9-14(29)30/h3-7,10-11,13,16-17,20-21H,2,8-9H2,1H3,(H,29,30)(H,32,33)(H2,23,24,25,27,31)/p-1/t13-,16?,17?,20-,21+/m1/s1. The molecule has 2 aliphatic rings. The largest absolute Gasteiger partial charge is 0.778 e. The van der Waals surface area contributed by atoms with Crippen molar-refractivity contribution >= 4 is 36.6 Å². The van der Waals surface area contributed by atoms with Crippen LogP contribution in [0.3, 0.4) is 0 Å². The number of ether oxygens (including phenoxy) is 3. The van der Waals surface area contributed by atoms with Crippen molar-refractivity contribution < 1.29 is 42.9 Å². The van der Waals surface area contributed by atoms with Crippen LogP contribution >= 0.6 is 7.60 Å². The van der Waals surface area contributed by atoms with Gasteiger partial charge in [0.1, 0.15) is 38.4 Å². The average Bonchev–Trinajstić information content (AvgIpc) is 3.57. The summed E-state index contributed by atoms with van der Waals surface area (Å²) >= 11 is 0. The Bertz CT molecular complexity index is 1370. The minimum atomic E-state index is -4.67. The van der Waals surface area contributed by atoms with Crippen molar-refractivity contribution in [3.8, 4) is 0 Å². The lowest BCUT2D eigenvalue weighted by Crippen LogP contribution is -2.32. The second kappa shape index (κ2) is 10.7. The number of rotatable bonds is 9. The molecule has 5 rings (SSSR count). The maximum Gasteiger partial charge on any atom is 0.320 e. The minimum Gasteiger partial charge on any atom is -0.778 e. The van der Waals surface area contributed by atoms with Gasteiger partial charge < -0.3 is 38.6 Å². The van der Waals surface area contributed by atoms with Gasteiger partial charge in [0.15, 0.2) is 29.5 Å². The Morgan fingerprint density at radius 2 is 1.92 bits per heavy atom. The molecule has 2 fully saturated rings. The molecular weight excluding hydrogens is 523 g/mol. The number of amides is 2. The van der Waals surface area contributed by atoms with Gasteiger partial charge >= 0.3 is 12.0 Å². The highest BCUT2D eigenvalue weighted by molar-refractivity contribution is 7.52. The minimum absolute atomic E-state index is 0.181. The zero-order valence-corrected chi connectivity index (χ0v) is 20.9. The fourth-order valence-electron chi connectivity index (χ4n) is 4.30. The number of carboxylic acid groups (broad SMARTS) is 1. The lowest BCUT2D eigenvalue weighted by Gasteiger charge is -2.25. The predicted octanol–water partition coefficient (Wildman–Crippen LogP) is 1.00. The normalized spacial score (nSPS) is 26.1. The molecule has 38 heavy (non-hydrogen) atoms. The van der Waals surface area contributed by atoms with E-state index in [1.807, 2.05) is 30.3 Å². The summed E-state index contributed by atoms with van der Waals surface area (Å²) in [7, 11) is -4.67. The fourth-order valence-corrected chi connectivity index (χ4v) is 5.10. The molecule has 0 saturated carbocycles. The number of anilines is 1. The molecule has 2 amide bonds. The SMILES string of the molecule is CCNC(=O)Nc1ncnc2c1ncn2[C@@H]1O[C@H](COP(=O)([O-])CC(=O)O)C2O[C@H](c3ccccc3)OC21. The van der Waals surface area contributed by atoms with Crippen LogP contribution in [0.4, 0.5) is 10.6 Å². The molecule has 2 aromatic heterocycles. The van der Waals surface area contributed by atoms with Gasteiger partial charge in [0.25, 0.3) is 0 Å². The summed E-state index contributed by atoms with van der Waals surface area (Å²) < 4.78 is 37.0.